The topological polar surface area (TPSA) is 29.5 Å². The van der Waals surface area contributed by atoms with E-state index in [0.29, 0.717) is 15.8 Å². The molecule has 0 spiro atoms. The highest BCUT2D eigenvalue weighted by atomic mass is 79.9. The summed E-state index contributed by atoms with van der Waals surface area (Å²) in [5.41, 5.74) is 0.410. The zero-order chi connectivity index (χ0) is 9.84. The number of halogens is 2. The quantitative estimate of drug-likeness (QED) is 0.889. The average Bonchev–Trinajstić information content (AvgIpc) is 2.09. The number of hydrogen-bond acceptors (Lipinski definition) is 2. The Bertz CT molecular complexity index is 302. The van der Waals surface area contributed by atoms with E-state index < -0.39 is 0 Å². The van der Waals surface area contributed by atoms with Crippen LogP contribution in [0.15, 0.2) is 16.6 Å². The number of hydrogen-bond donors (Lipinski definition) is 1. The van der Waals surface area contributed by atoms with Gasteiger partial charge in [-0.05, 0) is 12.1 Å². The molecule has 0 fully saturated rings. The molecule has 0 aliphatic heterocycles. The summed E-state index contributed by atoms with van der Waals surface area (Å²) in [7, 11) is 1.47. The maximum atomic E-state index is 13.3. The lowest BCUT2D eigenvalue weighted by atomic mass is 10.1. The fourth-order valence-electron chi connectivity index (χ4n) is 1.12. The predicted molar refractivity (Wildman–Crippen MR) is 51.4 cm³/mol. The van der Waals surface area contributed by atoms with Gasteiger partial charge in [0.2, 0.25) is 0 Å². The third kappa shape index (κ3) is 2.42. The third-order valence-electron chi connectivity index (χ3n) is 1.70. The SMILES string of the molecule is COc1cc(Br)cc(F)c1CCO. The fraction of sp³-hybridized carbons (Fsp3) is 0.333. The molecule has 1 N–H and O–H groups in total. The van der Waals surface area contributed by atoms with Crippen molar-refractivity contribution in [1.82, 2.24) is 0 Å². The molecule has 0 aliphatic carbocycles. The normalized spacial score (nSPS) is 10.2. The molecular formula is C9H10BrFO2. The molecule has 2 nitrogen and oxygen atoms in total. The fourth-order valence-corrected chi connectivity index (χ4v) is 1.53. The first kappa shape index (κ1) is 10.5. The van der Waals surface area contributed by atoms with E-state index in [1.807, 2.05) is 0 Å². The molecule has 0 saturated heterocycles. The van der Waals surface area contributed by atoms with E-state index in [1.54, 1.807) is 6.07 Å². The smallest absolute Gasteiger partial charge is 0.131 e. The molecule has 0 aliphatic rings. The molecule has 0 saturated carbocycles. The van der Waals surface area contributed by atoms with Gasteiger partial charge in [-0.25, -0.2) is 4.39 Å². The van der Waals surface area contributed by atoms with Gasteiger partial charge in [-0.3, -0.25) is 0 Å². The molecule has 0 heterocycles. The van der Waals surface area contributed by atoms with Crippen molar-refractivity contribution in [3.8, 4) is 5.75 Å². The van der Waals surface area contributed by atoms with Crippen LogP contribution in [0.2, 0.25) is 0 Å². The van der Waals surface area contributed by atoms with Gasteiger partial charge in [0, 0.05) is 23.1 Å². The lowest BCUT2D eigenvalue weighted by Crippen LogP contribution is -1.99. The molecule has 1 aromatic carbocycles. The number of benzene rings is 1. The third-order valence-corrected chi connectivity index (χ3v) is 2.16. The Balaban J connectivity index is 3.13. The largest absolute Gasteiger partial charge is 0.496 e. The van der Waals surface area contributed by atoms with Gasteiger partial charge in [0.15, 0.2) is 0 Å². The van der Waals surface area contributed by atoms with Crippen LogP contribution in [0.4, 0.5) is 4.39 Å². The molecule has 0 unspecified atom stereocenters. The lowest BCUT2D eigenvalue weighted by Gasteiger charge is -2.08. The minimum absolute atomic E-state index is 0.0884. The van der Waals surface area contributed by atoms with Crippen LogP contribution >= 0.6 is 15.9 Å². The second-order valence-corrected chi connectivity index (χ2v) is 3.46. The van der Waals surface area contributed by atoms with E-state index in [2.05, 4.69) is 15.9 Å². The van der Waals surface area contributed by atoms with Gasteiger partial charge in [0.05, 0.1) is 7.11 Å². The van der Waals surface area contributed by atoms with Crippen LogP contribution < -0.4 is 4.74 Å². The Morgan fingerprint density at radius 2 is 2.23 bits per heavy atom. The van der Waals surface area contributed by atoms with E-state index >= 15 is 0 Å². The van der Waals surface area contributed by atoms with Gasteiger partial charge >= 0.3 is 0 Å². The second kappa shape index (κ2) is 4.58. The molecule has 0 aromatic heterocycles. The zero-order valence-electron chi connectivity index (χ0n) is 7.18. The molecular weight excluding hydrogens is 239 g/mol. The average molecular weight is 249 g/mol. The summed E-state index contributed by atoms with van der Waals surface area (Å²) in [5.74, 6) is 0.0983. The van der Waals surface area contributed by atoms with Crippen LogP contribution in [-0.2, 0) is 6.42 Å². The Hall–Kier alpha value is -0.610. The van der Waals surface area contributed by atoms with Crippen molar-refractivity contribution in [3.63, 3.8) is 0 Å². The van der Waals surface area contributed by atoms with Gasteiger partial charge < -0.3 is 9.84 Å². The summed E-state index contributed by atoms with van der Waals surface area (Å²) in [6, 6.07) is 3.03. The molecule has 1 rings (SSSR count). The van der Waals surface area contributed by atoms with E-state index in [0.717, 1.165) is 0 Å². The van der Waals surface area contributed by atoms with Gasteiger partial charge in [0.1, 0.15) is 11.6 Å². The Labute approximate surface area is 84.5 Å². The van der Waals surface area contributed by atoms with Crippen molar-refractivity contribution in [2.45, 2.75) is 6.42 Å². The zero-order valence-corrected chi connectivity index (χ0v) is 8.77. The van der Waals surface area contributed by atoms with Crippen LogP contribution in [0, 0.1) is 5.82 Å². The van der Waals surface area contributed by atoms with Gasteiger partial charge in [-0.2, -0.15) is 0 Å². The number of methoxy groups -OCH3 is 1. The molecule has 0 amide bonds. The van der Waals surface area contributed by atoms with E-state index in [9.17, 15) is 4.39 Å². The van der Waals surface area contributed by atoms with Crippen molar-refractivity contribution in [2.75, 3.05) is 13.7 Å². The maximum absolute atomic E-state index is 13.3. The number of aliphatic hydroxyl groups is 1. The maximum Gasteiger partial charge on any atom is 0.131 e. The van der Waals surface area contributed by atoms with Crippen LogP contribution in [0.3, 0.4) is 0 Å². The first-order valence-electron chi connectivity index (χ1n) is 3.81. The van der Waals surface area contributed by atoms with Crippen molar-refractivity contribution in [1.29, 1.82) is 0 Å². The molecule has 1 aromatic rings. The Morgan fingerprint density at radius 1 is 1.54 bits per heavy atom. The lowest BCUT2D eigenvalue weighted by molar-refractivity contribution is 0.294. The Kier molecular flexibility index (Phi) is 3.69. The first-order chi connectivity index (χ1) is 6.19. The highest BCUT2D eigenvalue weighted by molar-refractivity contribution is 9.10. The number of aliphatic hydroxyl groups excluding tert-OH is 1. The highest BCUT2D eigenvalue weighted by Gasteiger charge is 2.09. The van der Waals surface area contributed by atoms with E-state index in [1.165, 1.54) is 13.2 Å². The van der Waals surface area contributed by atoms with Crippen LogP contribution in [-0.4, -0.2) is 18.8 Å². The van der Waals surface area contributed by atoms with Gasteiger partial charge in [0.25, 0.3) is 0 Å². The summed E-state index contributed by atoms with van der Waals surface area (Å²) in [6.07, 6.45) is 0.266. The first-order valence-corrected chi connectivity index (χ1v) is 4.61. The molecule has 0 radical (unpaired) electrons. The summed E-state index contributed by atoms with van der Waals surface area (Å²) in [5, 5.41) is 8.70. The van der Waals surface area contributed by atoms with E-state index in [-0.39, 0.29) is 18.8 Å². The standard InChI is InChI=1S/C9H10BrFO2/c1-13-9-5-6(10)4-8(11)7(9)2-3-12/h4-5,12H,2-3H2,1H3. The Morgan fingerprint density at radius 3 is 2.77 bits per heavy atom. The summed E-state index contributed by atoms with van der Waals surface area (Å²) >= 11 is 3.16. The summed E-state index contributed by atoms with van der Waals surface area (Å²) < 4.78 is 18.9. The van der Waals surface area contributed by atoms with E-state index in [4.69, 9.17) is 9.84 Å². The molecule has 0 bridgehead atoms. The monoisotopic (exact) mass is 248 g/mol. The molecule has 72 valence electrons. The van der Waals surface area contributed by atoms with Crippen molar-refractivity contribution in [3.05, 3.63) is 28.0 Å². The van der Waals surface area contributed by atoms with Gasteiger partial charge in [-0.1, -0.05) is 15.9 Å². The van der Waals surface area contributed by atoms with Crippen LogP contribution in [0.1, 0.15) is 5.56 Å². The highest BCUT2D eigenvalue weighted by Crippen LogP contribution is 2.26. The minimum atomic E-state index is -0.361. The van der Waals surface area contributed by atoms with Crippen molar-refractivity contribution < 1.29 is 14.2 Å². The number of rotatable bonds is 3. The molecule has 13 heavy (non-hydrogen) atoms. The van der Waals surface area contributed by atoms with Crippen molar-refractivity contribution >= 4 is 15.9 Å². The molecule has 4 heteroatoms. The second-order valence-electron chi connectivity index (χ2n) is 2.54. The van der Waals surface area contributed by atoms with Gasteiger partial charge in [-0.15, -0.1) is 0 Å². The summed E-state index contributed by atoms with van der Waals surface area (Å²) in [4.78, 5) is 0. The predicted octanol–water partition coefficient (Wildman–Crippen LogP) is 2.13. The molecule has 0 atom stereocenters. The van der Waals surface area contributed by atoms with Crippen LogP contribution in [0.5, 0.6) is 5.75 Å². The summed E-state index contributed by atoms with van der Waals surface area (Å²) in [6.45, 7) is -0.0884. The minimum Gasteiger partial charge on any atom is -0.496 e. The number of ether oxygens (including phenoxy) is 1. The van der Waals surface area contributed by atoms with Crippen LogP contribution in [0.25, 0.3) is 0 Å². The van der Waals surface area contributed by atoms with Crippen molar-refractivity contribution in [2.24, 2.45) is 0 Å².